The molecule has 5 aliphatic rings. The third kappa shape index (κ3) is 2.88. The Bertz CT molecular complexity index is 425. The lowest BCUT2D eigenvalue weighted by Crippen LogP contribution is -2.54. The molecule has 130 valence electrons. The van der Waals surface area contributed by atoms with Gasteiger partial charge in [-0.05, 0) is 75.8 Å². The van der Waals surface area contributed by atoms with E-state index in [2.05, 4.69) is 18.7 Å². The maximum Gasteiger partial charge on any atom is 0.410 e. The van der Waals surface area contributed by atoms with E-state index in [1.165, 1.54) is 19.3 Å². The fourth-order valence-electron chi connectivity index (χ4n) is 6.35. The normalized spacial score (nSPS) is 41.8. The molecular weight excluding hydrogens is 288 g/mol. The van der Waals surface area contributed by atoms with Crippen molar-refractivity contribution in [3.05, 3.63) is 0 Å². The zero-order valence-corrected chi connectivity index (χ0v) is 14.8. The average Bonchev–Trinajstić information content (AvgIpc) is 2.96. The number of carbonyl (C=O) groups is 1. The van der Waals surface area contributed by atoms with Gasteiger partial charge in [0.25, 0.3) is 0 Å². The lowest BCUT2D eigenvalue weighted by molar-refractivity contribution is -0.133. The van der Waals surface area contributed by atoms with Gasteiger partial charge in [0.05, 0.1) is 0 Å². The SMILES string of the molecule is CCN(CC)C1CCN(C(=O)OC23CC4CC(CC(C4)C2)C3)C1. The lowest BCUT2D eigenvalue weighted by atomic mass is 9.54. The minimum absolute atomic E-state index is 0.0263. The van der Waals surface area contributed by atoms with E-state index < -0.39 is 0 Å². The Morgan fingerprint density at radius 1 is 1.09 bits per heavy atom. The second-order valence-corrected chi connectivity index (χ2v) is 8.58. The highest BCUT2D eigenvalue weighted by atomic mass is 16.6. The van der Waals surface area contributed by atoms with Crippen molar-refractivity contribution in [2.45, 2.75) is 70.4 Å². The lowest BCUT2D eigenvalue weighted by Gasteiger charge is -2.55. The van der Waals surface area contributed by atoms with Crippen LogP contribution in [-0.2, 0) is 4.74 Å². The monoisotopic (exact) mass is 320 g/mol. The first kappa shape index (κ1) is 15.7. The first-order valence-electron chi connectivity index (χ1n) is 9.82. The minimum atomic E-state index is -0.0981. The van der Waals surface area contributed by atoms with E-state index in [9.17, 15) is 4.79 Å². The second kappa shape index (κ2) is 5.94. The maximum absolute atomic E-state index is 12.8. The van der Waals surface area contributed by atoms with Crippen molar-refractivity contribution in [1.29, 1.82) is 0 Å². The molecule has 0 aromatic carbocycles. The van der Waals surface area contributed by atoms with E-state index in [1.54, 1.807) is 0 Å². The number of nitrogens with zero attached hydrogens (tertiary/aromatic N) is 2. The van der Waals surface area contributed by atoms with Crippen molar-refractivity contribution >= 4 is 6.09 Å². The van der Waals surface area contributed by atoms with Crippen LogP contribution in [0, 0.1) is 17.8 Å². The van der Waals surface area contributed by atoms with Crippen LogP contribution in [0.4, 0.5) is 4.79 Å². The molecule has 0 N–H and O–H groups in total. The van der Waals surface area contributed by atoms with Gasteiger partial charge < -0.3 is 9.64 Å². The van der Waals surface area contributed by atoms with Crippen LogP contribution < -0.4 is 0 Å². The highest BCUT2D eigenvalue weighted by Gasteiger charge is 2.53. The zero-order valence-electron chi connectivity index (χ0n) is 14.8. The summed E-state index contributed by atoms with van der Waals surface area (Å²) >= 11 is 0. The predicted octanol–water partition coefficient (Wildman–Crippen LogP) is 3.51. The van der Waals surface area contributed by atoms with Crippen molar-refractivity contribution in [2.24, 2.45) is 17.8 Å². The topological polar surface area (TPSA) is 32.8 Å². The van der Waals surface area contributed by atoms with E-state index in [1.807, 2.05) is 4.90 Å². The fraction of sp³-hybridized carbons (Fsp3) is 0.947. The summed E-state index contributed by atoms with van der Waals surface area (Å²) in [4.78, 5) is 17.2. The van der Waals surface area contributed by atoms with Crippen LogP contribution in [0.5, 0.6) is 0 Å². The molecule has 0 radical (unpaired) electrons. The van der Waals surface area contributed by atoms with Crippen LogP contribution in [0.1, 0.15) is 58.8 Å². The summed E-state index contributed by atoms with van der Waals surface area (Å²) in [7, 11) is 0. The minimum Gasteiger partial charge on any atom is -0.443 e. The van der Waals surface area contributed by atoms with Crippen LogP contribution >= 0.6 is 0 Å². The van der Waals surface area contributed by atoms with Gasteiger partial charge in [-0.2, -0.15) is 0 Å². The van der Waals surface area contributed by atoms with Gasteiger partial charge in [0.15, 0.2) is 0 Å². The molecule has 4 nitrogen and oxygen atoms in total. The standard InChI is InChI=1S/C19H32N2O2/c1-3-20(4-2)17-5-6-21(13-17)18(22)23-19-10-14-7-15(11-19)9-16(8-14)12-19/h14-17H,3-13H2,1-2H3. The van der Waals surface area contributed by atoms with Gasteiger partial charge in [-0.1, -0.05) is 13.8 Å². The summed E-state index contributed by atoms with van der Waals surface area (Å²) in [6, 6.07) is 0.522. The molecule has 1 atom stereocenters. The van der Waals surface area contributed by atoms with Crippen molar-refractivity contribution in [3.63, 3.8) is 0 Å². The highest BCUT2D eigenvalue weighted by Crippen LogP contribution is 2.57. The Balaban J connectivity index is 1.37. The molecular formula is C19H32N2O2. The second-order valence-electron chi connectivity index (χ2n) is 8.58. The Labute approximate surface area is 140 Å². The van der Waals surface area contributed by atoms with Crippen LogP contribution in [0.25, 0.3) is 0 Å². The van der Waals surface area contributed by atoms with Crippen molar-refractivity contribution in [3.8, 4) is 0 Å². The van der Waals surface area contributed by atoms with E-state index in [0.717, 1.165) is 69.6 Å². The number of amides is 1. The molecule has 4 saturated carbocycles. The summed E-state index contributed by atoms with van der Waals surface area (Å²) in [5, 5.41) is 0. The molecule has 4 bridgehead atoms. The number of likely N-dealkylation sites (tertiary alicyclic amines) is 1. The molecule has 4 aliphatic carbocycles. The highest BCUT2D eigenvalue weighted by molar-refractivity contribution is 5.68. The molecule has 23 heavy (non-hydrogen) atoms. The first-order chi connectivity index (χ1) is 11.1. The Hall–Kier alpha value is -0.770. The Morgan fingerprint density at radius 3 is 2.17 bits per heavy atom. The molecule has 1 unspecified atom stereocenters. The van der Waals surface area contributed by atoms with E-state index >= 15 is 0 Å². The maximum atomic E-state index is 12.8. The molecule has 5 rings (SSSR count). The molecule has 0 aromatic rings. The zero-order chi connectivity index (χ0) is 16.0. The molecule has 0 spiro atoms. The Morgan fingerprint density at radius 2 is 1.65 bits per heavy atom. The molecule has 1 amide bonds. The van der Waals surface area contributed by atoms with Crippen LogP contribution in [0.15, 0.2) is 0 Å². The van der Waals surface area contributed by atoms with Gasteiger partial charge in [0.2, 0.25) is 0 Å². The van der Waals surface area contributed by atoms with Gasteiger partial charge in [-0.25, -0.2) is 4.79 Å². The van der Waals surface area contributed by atoms with Gasteiger partial charge in [-0.15, -0.1) is 0 Å². The van der Waals surface area contributed by atoms with E-state index in [-0.39, 0.29) is 11.7 Å². The Kier molecular flexibility index (Phi) is 4.07. The van der Waals surface area contributed by atoms with Gasteiger partial charge in [0, 0.05) is 19.1 Å². The van der Waals surface area contributed by atoms with Crippen molar-refractivity contribution in [2.75, 3.05) is 26.2 Å². The molecule has 0 aromatic heterocycles. The summed E-state index contributed by atoms with van der Waals surface area (Å²) in [5.41, 5.74) is -0.0981. The number of carbonyl (C=O) groups excluding carboxylic acids is 1. The number of rotatable bonds is 4. The quantitative estimate of drug-likeness (QED) is 0.795. The van der Waals surface area contributed by atoms with Crippen LogP contribution in [0.2, 0.25) is 0 Å². The third-order valence-electron chi connectivity index (χ3n) is 7.04. The fourth-order valence-corrected chi connectivity index (χ4v) is 6.35. The van der Waals surface area contributed by atoms with Gasteiger partial charge in [0.1, 0.15) is 5.60 Å². The van der Waals surface area contributed by atoms with E-state index in [0.29, 0.717) is 6.04 Å². The van der Waals surface area contributed by atoms with Crippen molar-refractivity contribution in [1.82, 2.24) is 9.80 Å². The first-order valence-corrected chi connectivity index (χ1v) is 9.82. The molecule has 4 heteroatoms. The number of hydrogen-bond acceptors (Lipinski definition) is 3. The van der Waals surface area contributed by atoms with Crippen LogP contribution in [0.3, 0.4) is 0 Å². The predicted molar refractivity (Wildman–Crippen MR) is 90.3 cm³/mol. The average molecular weight is 320 g/mol. The number of hydrogen-bond donors (Lipinski definition) is 0. The van der Waals surface area contributed by atoms with Crippen molar-refractivity contribution < 1.29 is 9.53 Å². The molecule has 1 aliphatic heterocycles. The summed E-state index contributed by atoms with van der Waals surface area (Å²) in [5.74, 6) is 2.49. The molecule has 1 heterocycles. The summed E-state index contributed by atoms with van der Waals surface area (Å²) in [6.07, 6.45) is 8.66. The number of likely N-dealkylation sites (N-methyl/N-ethyl adjacent to an activating group) is 1. The smallest absolute Gasteiger partial charge is 0.410 e. The summed E-state index contributed by atoms with van der Waals surface area (Å²) in [6.45, 7) is 8.27. The van der Waals surface area contributed by atoms with Gasteiger partial charge >= 0.3 is 6.09 Å². The van der Waals surface area contributed by atoms with E-state index in [4.69, 9.17) is 4.74 Å². The molecule has 1 saturated heterocycles. The van der Waals surface area contributed by atoms with Gasteiger partial charge in [-0.3, -0.25) is 4.90 Å². The third-order valence-corrected chi connectivity index (χ3v) is 7.04. The van der Waals surface area contributed by atoms with Crippen LogP contribution in [-0.4, -0.2) is 53.7 Å². The summed E-state index contributed by atoms with van der Waals surface area (Å²) < 4.78 is 6.20. The largest absolute Gasteiger partial charge is 0.443 e. The number of ether oxygens (including phenoxy) is 1. The molecule has 5 fully saturated rings.